The molecular formula is C27H17Cl3N2O2. The highest BCUT2D eigenvalue weighted by atomic mass is 35.5. The molecule has 0 bridgehead atoms. The summed E-state index contributed by atoms with van der Waals surface area (Å²) >= 11 is 18.4. The van der Waals surface area contributed by atoms with E-state index in [2.05, 4.69) is 5.32 Å². The number of benzene rings is 4. The Balaban J connectivity index is 1.71. The van der Waals surface area contributed by atoms with Crippen molar-refractivity contribution in [3.05, 3.63) is 111 Å². The van der Waals surface area contributed by atoms with E-state index >= 15 is 0 Å². The fourth-order valence-corrected chi connectivity index (χ4v) is 4.04. The first kappa shape index (κ1) is 23.7. The molecular weight excluding hydrogens is 491 g/mol. The van der Waals surface area contributed by atoms with Crippen molar-refractivity contribution in [1.82, 2.24) is 0 Å². The number of amides is 1. The van der Waals surface area contributed by atoms with Crippen LogP contribution in [-0.2, 0) is 11.4 Å². The summed E-state index contributed by atoms with van der Waals surface area (Å²) in [6.45, 7) is 0.183. The second kappa shape index (κ2) is 10.6. The third-order valence-electron chi connectivity index (χ3n) is 5.10. The molecule has 0 radical (unpaired) electrons. The highest BCUT2D eigenvalue weighted by Crippen LogP contribution is 2.32. The van der Waals surface area contributed by atoms with Gasteiger partial charge >= 0.3 is 0 Å². The van der Waals surface area contributed by atoms with Crippen LogP contribution in [0, 0.1) is 11.3 Å². The van der Waals surface area contributed by atoms with Gasteiger partial charge in [-0.05, 0) is 47.2 Å². The molecule has 1 amide bonds. The number of anilines is 1. The lowest BCUT2D eigenvalue weighted by atomic mass is 10.0. The van der Waals surface area contributed by atoms with Gasteiger partial charge in [0, 0.05) is 21.2 Å². The van der Waals surface area contributed by atoms with E-state index in [1.165, 1.54) is 6.08 Å². The molecule has 0 saturated carbocycles. The lowest BCUT2D eigenvalue weighted by molar-refractivity contribution is -0.112. The van der Waals surface area contributed by atoms with E-state index in [1.807, 2.05) is 36.4 Å². The Labute approximate surface area is 211 Å². The maximum absolute atomic E-state index is 12.9. The van der Waals surface area contributed by atoms with E-state index in [9.17, 15) is 10.1 Å². The van der Waals surface area contributed by atoms with Gasteiger partial charge < -0.3 is 10.1 Å². The number of fused-ring (bicyclic) bond motifs is 1. The van der Waals surface area contributed by atoms with Crippen molar-refractivity contribution < 1.29 is 9.53 Å². The molecule has 0 heterocycles. The van der Waals surface area contributed by atoms with Gasteiger partial charge in [0.2, 0.25) is 0 Å². The van der Waals surface area contributed by atoms with Crippen LogP contribution in [0.5, 0.6) is 5.75 Å². The number of carbonyl (C=O) groups is 1. The van der Waals surface area contributed by atoms with Crippen LogP contribution in [0.25, 0.3) is 16.8 Å². The van der Waals surface area contributed by atoms with Gasteiger partial charge in [0.1, 0.15) is 24.0 Å². The number of para-hydroxylation sites is 1. The van der Waals surface area contributed by atoms with Crippen molar-refractivity contribution in [3.63, 3.8) is 0 Å². The lowest BCUT2D eigenvalue weighted by Gasteiger charge is -2.14. The average Bonchev–Trinajstić information content (AvgIpc) is 2.83. The Morgan fingerprint density at radius 2 is 1.71 bits per heavy atom. The summed E-state index contributed by atoms with van der Waals surface area (Å²) in [4.78, 5) is 12.9. The van der Waals surface area contributed by atoms with E-state index in [-0.39, 0.29) is 12.2 Å². The number of nitrogens with one attached hydrogen (secondary N) is 1. The van der Waals surface area contributed by atoms with E-state index in [1.54, 1.807) is 48.5 Å². The van der Waals surface area contributed by atoms with E-state index in [4.69, 9.17) is 39.5 Å². The molecule has 4 rings (SSSR count). The normalized spacial score (nSPS) is 11.2. The number of hydrogen-bond acceptors (Lipinski definition) is 3. The van der Waals surface area contributed by atoms with Crippen LogP contribution in [-0.4, -0.2) is 5.91 Å². The second-order valence-electron chi connectivity index (χ2n) is 7.33. The summed E-state index contributed by atoms with van der Waals surface area (Å²) in [6.07, 6.45) is 1.52. The molecule has 0 aliphatic heterocycles. The molecule has 4 nitrogen and oxygen atoms in total. The number of hydrogen-bond donors (Lipinski definition) is 1. The van der Waals surface area contributed by atoms with Crippen LogP contribution in [0.1, 0.15) is 11.1 Å². The van der Waals surface area contributed by atoms with Gasteiger partial charge in [0.25, 0.3) is 5.91 Å². The summed E-state index contributed by atoms with van der Waals surface area (Å²) in [6, 6.07) is 25.4. The second-order valence-corrected chi connectivity index (χ2v) is 8.58. The first-order chi connectivity index (χ1) is 16.5. The Kier molecular flexibility index (Phi) is 7.40. The molecule has 0 fully saturated rings. The fourth-order valence-electron chi connectivity index (χ4n) is 3.39. The summed E-state index contributed by atoms with van der Waals surface area (Å²) < 4.78 is 6.08. The van der Waals surface area contributed by atoms with Gasteiger partial charge in [0.05, 0.1) is 10.7 Å². The third kappa shape index (κ3) is 5.35. The standard InChI is InChI=1S/C27H17Cl3N2O2/c28-20-11-9-18(24(30)14-20)16-34-26-12-10-17-5-1-2-6-21(17)22(26)13-19(15-31)27(33)32-25-8-4-3-7-23(25)29/h1-14H,16H2,(H,32,33)/b19-13+. The Hall–Kier alpha value is -3.49. The summed E-state index contributed by atoms with van der Waals surface area (Å²) in [7, 11) is 0. The zero-order chi connectivity index (χ0) is 24.1. The maximum Gasteiger partial charge on any atom is 0.266 e. The smallest absolute Gasteiger partial charge is 0.266 e. The van der Waals surface area contributed by atoms with Gasteiger partial charge in [-0.3, -0.25) is 4.79 Å². The molecule has 4 aromatic rings. The van der Waals surface area contributed by atoms with Crippen molar-refractivity contribution in [1.29, 1.82) is 5.26 Å². The van der Waals surface area contributed by atoms with Gasteiger partial charge in [-0.15, -0.1) is 0 Å². The van der Waals surface area contributed by atoms with Gasteiger partial charge in [0.15, 0.2) is 0 Å². The predicted octanol–water partition coefficient (Wildman–Crippen LogP) is 7.92. The Morgan fingerprint density at radius 1 is 0.941 bits per heavy atom. The monoisotopic (exact) mass is 506 g/mol. The molecule has 0 aliphatic rings. The summed E-state index contributed by atoms with van der Waals surface area (Å²) in [5.41, 5.74) is 1.69. The van der Waals surface area contributed by atoms with Crippen molar-refractivity contribution >= 4 is 63.2 Å². The largest absolute Gasteiger partial charge is 0.488 e. The van der Waals surface area contributed by atoms with Gasteiger partial charge in [-0.25, -0.2) is 0 Å². The quantitative estimate of drug-likeness (QED) is 0.213. The summed E-state index contributed by atoms with van der Waals surface area (Å²) in [5, 5.41) is 15.6. The molecule has 1 N–H and O–H groups in total. The minimum Gasteiger partial charge on any atom is -0.488 e. The molecule has 168 valence electrons. The molecule has 0 saturated heterocycles. The predicted molar refractivity (Wildman–Crippen MR) is 138 cm³/mol. The lowest BCUT2D eigenvalue weighted by Crippen LogP contribution is -2.13. The average molecular weight is 508 g/mol. The van der Waals surface area contributed by atoms with E-state index < -0.39 is 5.91 Å². The van der Waals surface area contributed by atoms with Crippen LogP contribution in [0.4, 0.5) is 5.69 Å². The van der Waals surface area contributed by atoms with Gasteiger partial charge in [-0.1, -0.05) is 83.3 Å². The molecule has 34 heavy (non-hydrogen) atoms. The summed E-state index contributed by atoms with van der Waals surface area (Å²) in [5.74, 6) is -0.0711. The van der Waals surface area contributed by atoms with Crippen LogP contribution in [0.3, 0.4) is 0 Å². The van der Waals surface area contributed by atoms with Crippen LogP contribution < -0.4 is 10.1 Å². The molecule has 4 aromatic carbocycles. The van der Waals surface area contributed by atoms with Crippen LogP contribution >= 0.6 is 34.8 Å². The zero-order valence-electron chi connectivity index (χ0n) is 17.7. The topological polar surface area (TPSA) is 62.1 Å². The van der Waals surface area contributed by atoms with Crippen molar-refractivity contribution in [2.45, 2.75) is 6.61 Å². The molecule has 0 aliphatic carbocycles. The van der Waals surface area contributed by atoms with Gasteiger partial charge in [-0.2, -0.15) is 5.26 Å². The minimum absolute atomic E-state index is 0.0920. The Morgan fingerprint density at radius 3 is 2.47 bits per heavy atom. The number of rotatable bonds is 6. The number of carbonyl (C=O) groups excluding carboxylic acids is 1. The molecule has 0 aromatic heterocycles. The van der Waals surface area contributed by atoms with Crippen LogP contribution in [0.2, 0.25) is 15.1 Å². The fraction of sp³-hybridized carbons (Fsp3) is 0.0370. The van der Waals surface area contributed by atoms with Crippen molar-refractivity contribution in [3.8, 4) is 11.8 Å². The van der Waals surface area contributed by atoms with E-state index in [0.717, 1.165) is 16.3 Å². The zero-order valence-corrected chi connectivity index (χ0v) is 20.0. The highest BCUT2D eigenvalue weighted by molar-refractivity contribution is 6.35. The highest BCUT2D eigenvalue weighted by Gasteiger charge is 2.15. The number of halogens is 3. The van der Waals surface area contributed by atoms with Crippen molar-refractivity contribution in [2.75, 3.05) is 5.32 Å². The van der Waals surface area contributed by atoms with Crippen LogP contribution in [0.15, 0.2) is 84.4 Å². The Bertz CT molecular complexity index is 1460. The SMILES string of the molecule is N#C/C(=C\c1c(OCc2ccc(Cl)cc2Cl)ccc2ccccc12)C(=O)Nc1ccccc1Cl. The molecule has 7 heteroatoms. The molecule has 0 unspecified atom stereocenters. The first-order valence-corrected chi connectivity index (χ1v) is 11.4. The maximum atomic E-state index is 12.9. The van der Waals surface area contributed by atoms with E-state index in [0.29, 0.717) is 32.1 Å². The number of ether oxygens (including phenoxy) is 1. The number of nitriles is 1. The minimum atomic E-state index is -0.574. The van der Waals surface area contributed by atoms with Crippen molar-refractivity contribution in [2.24, 2.45) is 0 Å². The number of nitrogens with zero attached hydrogens (tertiary/aromatic N) is 1. The first-order valence-electron chi connectivity index (χ1n) is 10.2. The molecule has 0 spiro atoms. The molecule has 0 atom stereocenters. The third-order valence-corrected chi connectivity index (χ3v) is 6.02.